The maximum atomic E-state index is 11.3. The van der Waals surface area contributed by atoms with Crippen LogP contribution in [-0.4, -0.2) is 18.7 Å². The lowest BCUT2D eigenvalue weighted by Gasteiger charge is -2.09. The SMILES string of the molecule is CC(C)NC(=O)Oc1ccc(CCN)cc1. The van der Waals surface area contributed by atoms with Crippen molar-refractivity contribution in [2.45, 2.75) is 26.3 Å². The highest BCUT2D eigenvalue weighted by Gasteiger charge is 2.05. The Bertz CT molecular complexity index is 333. The van der Waals surface area contributed by atoms with Gasteiger partial charge in [0.1, 0.15) is 5.75 Å². The number of hydrogen-bond acceptors (Lipinski definition) is 3. The number of rotatable bonds is 4. The highest BCUT2D eigenvalue weighted by atomic mass is 16.6. The van der Waals surface area contributed by atoms with Crippen LogP contribution in [0.5, 0.6) is 5.75 Å². The molecule has 0 spiro atoms. The Morgan fingerprint density at radius 1 is 1.38 bits per heavy atom. The summed E-state index contributed by atoms with van der Waals surface area (Å²) in [5.41, 5.74) is 6.58. The Hall–Kier alpha value is -1.55. The van der Waals surface area contributed by atoms with Gasteiger partial charge in [-0.15, -0.1) is 0 Å². The molecule has 0 aliphatic carbocycles. The molecule has 1 rings (SSSR count). The van der Waals surface area contributed by atoms with Crippen molar-refractivity contribution in [2.75, 3.05) is 6.54 Å². The van der Waals surface area contributed by atoms with Gasteiger partial charge < -0.3 is 15.8 Å². The lowest BCUT2D eigenvalue weighted by Crippen LogP contribution is -2.32. The summed E-state index contributed by atoms with van der Waals surface area (Å²) in [6, 6.07) is 7.43. The Labute approximate surface area is 95.8 Å². The first kappa shape index (κ1) is 12.5. The van der Waals surface area contributed by atoms with E-state index in [0.717, 1.165) is 12.0 Å². The third kappa shape index (κ3) is 4.31. The fourth-order valence-electron chi connectivity index (χ4n) is 1.26. The largest absolute Gasteiger partial charge is 0.412 e. The van der Waals surface area contributed by atoms with Gasteiger partial charge in [-0.1, -0.05) is 12.1 Å². The van der Waals surface area contributed by atoms with Crippen LogP contribution >= 0.6 is 0 Å². The molecule has 0 unspecified atom stereocenters. The molecule has 1 aromatic carbocycles. The molecule has 0 aromatic heterocycles. The van der Waals surface area contributed by atoms with Gasteiger partial charge in [-0.2, -0.15) is 0 Å². The van der Waals surface area contributed by atoms with Crippen molar-refractivity contribution >= 4 is 6.09 Å². The highest BCUT2D eigenvalue weighted by Crippen LogP contribution is 2.12. The van der Waals surface area contributed by atoms with Gasteiger partial charge in [-0.25, -0.2) is 4.79 Å². The average Bonchev–Trinajstić information content (AvgIpc) is 2.20. The second-order valence-electron chi connectivity index (χ2n) is 3.87. The molecule has 4 nitrogen and oxygen atoms in total. The van der Waals surface area contributed by atoms with Crippen LogP contribution < -0.4 is 15.8 Å². The van der Waals surface area contributed by atoms with Crippen LogP contribution in [0.4, 0.5) is 4.79 Å². The van der Waals surface area contributed by atoms with E-state index < -0.39 is 6.09 Å². The maximum Gasteiger partial charge on any atom is 0.412 e. The van der Waals surface area contributed by atoms with Gasteiger partial charge in [-0.3, -0.25) is 0 Å². The number of nitrogens with two attached hydrogens (primary N) is 1. The molecule has 1 aromatic rings. The summed E-state index contributed by atoms with van der Waals surface area (Å²) in [5.74, 6) is 0.541. The Kier molecular flexibility index (Phi) is 4.79. The van der Waals surface area contributed by atoms with Crippen LogP contribution in [0.25, 0.3) is 0 Å². The Morgan fingerprint density at radius 3 is 2.50 bits per heavy atom. The fourth-order valence-corrected chi connectivity index (χ4v) is 1.26. The standard InChI is InChI=1S/C12H18N2O2/c1-9(2)14-12(15)16-11-5-3-10(4-6-11)7-8-13/h3-6,9H,7-8,13H2,1-2H3,(H,14,15). The average molecular weight is 222 g/mol. The quantitative estimate of drug-likeness (QED) is 0.814. The van der Waals surface area contributed by atoms with Gasteiger partial charge >= 0.3 is 6.09 Å². The molecule has 0 bridgehead atoms. The van der Waals surface area contributed by atoms with E-state index in [1.807, 2.05) is 26.0 Å². The van der Waals surface area contributed by atoms with Crippen molar-refractivity contribution in [1.29, 1.82) is 0 Å². The Balaban J connectivity index is 2.51. The summed E-state index contributed by atoms with van der Waals surface area (Å²) < 4.78 is 5.08. The molecule has 0 saturated carbocycles. The van der Waals surface area contributed by atoms with Crippen LogP contribution in [0.3, 0.4) is 0 Å². The number of nitrogens with one attached hydrogen (secondary N) is 1. The molecular weight excluding hydrogens is 204 g/mol. The minimum Gasteiger partial charge on any atom is -0.410 e. The molecule has 0 fully saturated rings. The van der Waals surface area contributed by atoms with Gasteiger partial charge in [0.15, 0.2) is 0 Å². The van der Waals surface area contributed by atoms with Gasteiger partial charge in [-0.05, 0) is 44.5 Å². The van der Waals surface area contributed by atoms with Gasteiger partial charge in [0.2, 0.25) is 0 Å². The normalized spacial score (nSPS) is 10.2. The van der Waals surface area contributed by atoms with Gasteiger partial charge in [0.05, 0.1) is 0 Å². The minimum absolute atomic E-state index is 0.0732. The van der Waals surface area contributed by atoms with Crippen LogP contribution in [0.15, 0.2) is 24.3 Å². The Morgan fingerprint density at radius 2 is 2.00 bits per heavy atom. The predicted octanol–water partition coefficient (Wildman–Crippen LogP) is 1.68. The molecule has 0 heterocycles. The molecule has 0 atom stereocenters. The molecule has 0 saturated heterocycles. The summed E-state index contributed by atoms with van der Waals surface area (Å²) >= 11 is 0. The van der Waals surface area contributed by atoms with E-state index in [2.05, 4.69) is 5.32 Å². The molecular formula is C12H18N2O2. The zero-order valence-electron chi connectivity index (χ0n) is 9.69. The molecule has 3 N–H and O–H groups in total. The third-order valence-electron chi connectivity index (χ3n) is 1.97. The molecule has 0 radical (unpaired) electrons. The van der Waals surface area contributed by atoms with E-state index in [-0.39, 0.29) is 6.04 Å². The number of hydrogen-bond donors (Lipinski definition) is 2. The first-order valence-electron chi connectivity index (χ1n) is 5.39. The summed E-state index contributed by atoms with van der Waals surface area (Å²) in [5, 5.41) is 2.65. The second-order valence-corrected chi connectivity index (χ2v) is 3.87. The third-order valence-corrected chi connectivity index (χ3v) is 1.97. The van der Waals surface area contributed by atoms with E-state index in [0.29, 0.717) is 12.3 Å². The van der Waals surface area contributed by atoms with Crippen molar-refractivity contribution in [1.82, 2.24) is 5.32 Å². The number of ether oxygens (including phenoxy) is 1. The van der Waals surface area contributed by atoms with E-state index in [1.54, 1.807) is 12.1 Å². The van der Waals surface area contributed by atoms with Crippen LogP contribution in [0, 0.1) is 0 Å². The smallest absolute Gasteiger partial charge is 0.410 e. The molecule has 1 amide bonds. The highest BCUT2D eigenvalue weighted by molar-refractivity contribution is 5.70. The monoisotopic (exact) mass is 222 g/mol. The first-order chi connectivity index (χ1) is 7.61. The summed E-state index contributed by atoms with van der Waals surface area (Å²) in [4.78, 5) is 11.3. The topological polar surface area (TPSA) is 64.3 Å². The van der Waals surface area contributed by atoms with Crippen molar-refractivity contribution < 1.29 is 9.53 Å². The fraction of sp³-hybridized carbons (Fsp3) is 0.417. The lowest BCUT2D eigenvalue weighted by atomic mass is 10.1. The van der Waals surface area contributed by atoms with Crippen molar-refractivity contribution in [3.05, 3.63) is 29.8 Å². The van der Waals surface area contributed by atoms with Gasteiger partial charge in [0, 0.05) is 6.04 Å². The molecule has 0 aliphatic rings. The molecule has 16 heavy (non-hydrogen) atoms. The zero-order valence-corrected chi connectivity index (χ0v) is 9.69. The van der Waals surface area contributed by atoms with Crippen molar-refractivity contribution in [3.8, 4) is 5.75 Å². The number of amides is 1. The van der Waals surface area contributed by atoms with Gasteiger partial charge in [0.25, 0.3) is 0 Å². The van der Waals surface area contributed by atoms with Crippen LogP contribution in [0.1, 0.15) is 19.4 Å². The number of benzene rings is 1. The molecule has 88 valence electrons. The van der Waals surface area contributed by atoms with E-state index in [1.165, 1.54) is 0 Å². The van der Waals surface area contributed by atoms with Crippen molar-refractivity contribution in [2.24, 2.45) is 5.73 Å². The molecule has 4 heteroatoms. The summed E-state index contributed by atoms with van der Waals surface area (Å²) in [6.45, 7) is 4.38. The van der Waals surface area contributed by atoms with E-state index in [9.17, 15) is 4.79 Å². The number of carbonyl (C=O) groups is 1. The maximum absolute atomic E-state index is 11.3. The zero-order chi connectivity index (χ0) is 12.0. The number of carbonyl (C=O) groups excluding carboxylic acids is 1. The summed E-state index contributed by atoms with van der Waals surface area (Å²) in [7, 11) is 0. The first-order valence-corrected chi connectivity index (χ1v) is 5.39. The second kappa shape index (κ2) is 6.12. The lowest BCUT2D eigenvalue weighted by molar-refractivity contribution is 0.197. The molecule has 0 aliphatic heterocycles. The predicted molar refractivity (Wildman–Crippen MR) is 63.5 cm³/mol. The van der Waals surface area contributed by atoms with Crippen LogP contribution in [0.2, 0.25) is 0 Å². The minimum atomic E-state index is -0.429. The van der Waals surface area contributed by atoms with Crippen molar-refractivity contribution in [3.63, 3.8) is 0 Å². The van der Waals surface area contributed by atoms with Crippen LogP contribution in [-0.2, 0) is 6.42 Å². The summed E-state index contributed by atoms with van der Waals surface area (Å²) in [6.07, 6.45) is 0.403. The van der Waals surface area contributed by atoms with E-state index in [4.69, 9.17) is 10.5 Å². The van der Waals surface area contributed by atoms with E-state index >= 15 is 0 Å².